The molecule has 1 aromatic carbocycles. The number of hydrogen-bond donors (Lipinski definition) is 3. The Kier molecular flexibility index (Phi) is 2.58. The largest absolute Gasteiger partial charge is 0.508 e. The maximum Gasteiger partial charge on any atom is 0.119 e. The molecule has 1 atom stereocenters. The quantitative estimate of drug-likeness (QED) is 0.464. The lowest BCUT2D eigenvalue weighted by molar-refractivity contribution is 0.262. The van der Waals surface area contributed by atoms with Crippen LogP contribution in [0, 0.1) is 5.41 Å². The predicted octanol–water partition coefficient (Wildman–Crippen LogP) is 2.21. The molecule has 3 nitrogen and oxygen atoms in total. The van der Waals surface area contributed by atoms with Gasteiger partial charge in [-0.2, -0.15) is 0 Å². The molecule has 1 unspecified atom stereocenters. The van der Waals surface area contributed by atoms with Crippen LogP contribution in [0.3, 0.4) is 0 Å². The monoisotopic (exact) mass is 220 g/mol. The summed E-state index contributed by atoms with van der Waals surface area (Å²) in [7, 11) is 0. The zero-order valence-corrected chi connectivity index (χ0v) is 10.2. The van der Waals surface area contributed by atoms with E-state index < -0.39 is 0 Å². The highest BCUT2D eigenvalue weighted by atomic mass is 16.3. The molecule has 1 aliphatic rings. The second kappa shape index (κ2) is 3.67. The van der Waals surface area contributed by atoms with Crippen LogP contribution in [-0.4, -0.2) is 11.7 Å². The normalized spacial score (nSPS) is 20.6. The number of phenolic OH excluding ortho intramolecular Hbond substituents is 1. The fraction of sp³-hybridized carbons (Fsp3) is 0.538. The van der Waals surface area contributed by atoms with E-state index in [2.05, 4.69) is 26.1 Å². The summed E-state index contributed by atoms with van der Waals surface area (Å²) in [4.78, 5) is 0. The number of rotatable bonds is 0. The number of nitrogens with one attached hydrogen (secondary N) is 1. The SMILES string of the molecule is CC(C)(C)C1NCCc2c(O)ccc(N)c21. The highest BCUT2D eigenvalue weighted by molar-refractivity contribution is 5.59. The fourth-order valence-electron chi connectivity index (χ4n) is 2.46. The Balaban J connectivity index is 2.58. The molecule has 4 N–H and O–H groups in total. The minimum absolute atomic E-state index is 0.0943. The first-order chi connectivity index (χ1) is 7.41. The van der Waals surface area contributed by atoms with Crippen LogP contribution in [-0.2, 0) is 6.42 Å². The van der Waals surface area contributed by atoms with Crippen molar-refractivity contribution in [1.29, 1.82) is 0 Å². The number of hydrogen-bond acceptors (Lipinski definition) is 3. The van der Waals surface area contributed by atoms with Crippen LogP contribution in [0.2, 0.25) is 0 Å². The molecule has 1 aliphatic heterocycles. The van der Waals surface area contributed by atoms with E-state index in [9.17, 15) is 5.11 Å². The number of nitrogens with two attached hydrogens (primary N) is 1. The Bertz CT molecular complexity index is 407. The molecule has 0 aliphatic carbocycles. The first-order valence-corrected chi connectivity index (χ1v) is 5.75. The van der Waals surface area contributed by atoms with Crippen LogP contribution in [0.5, 0.6) is 5.75 Å². The van der Waals surface area contributed by atoms with Crippen molar-refractivity contribution in [3.63, 3.8) is 0 Å². The topological polar surface area (TPSA) is 58.3 Å². The van der Waals surface area contributed by atoms with Gasteiger partial charge in [0.25, 0.3) is 0 Å². The smallest absolute Gasteiger partial charge is 0.119 e. The molecule has 0 fully saturated rings. The second-order valence-electron chi connectivity index (χ2n) is 5.57. The van der Waals surface area contributed by atoms with Crippen LogP contribution >= 0.6 is 0 Å². The molecule has 1 aromatic rings. The highest BCUT2D eigenvalue weighted by Gasteiger charge is 2.32. The molecular weight excluding hydrogens is 200 g/mol. The van der Waals surface area contributed by atoms with Gasteiger partial charge in [-0.3, -0.25) is 0 Å². The first-order valence-electron chi connectivity index (χ1n) is 5.75. The lowest BCUT2D eigenvalue weighted by atomic mass is 9.77. The molecule has 1 heterocycles. The van der Waals surface area contributed by atoms with Crippen molar-refractivity contribution in [2.45, 2.75) is 33.2 Å². The van der Waals surface area contributed by atoms with Gasteiger partial charge in [0.15, 0.2) is 0 Å². The summed E-state index contributed by atoms with van der Waals surface area (Å²) in [5.41, 5.74) is 9.01. The Morgan fingerprint density at radius 3 is 2.69 bits per heavy atom. The number of phenols is 1. The van der Waals surface area contributed by atoms with Gasteiger partial charge in [0.1, 0.15) is 5.75 Å². The number of nitrogen functional groups attached to an aromatic ring is 1. The molecule has 0 saturated carbocycles. The van der Waals surface area contributed by atoms with Crippen LogP contribution in [0.1, 0.15) is 37.9 Å². The van der Waals surface area contributed by atoms with Crippen molar-refractivity contribution in [3.05, 3.63) is 23.3 Å². The van der Waals surface area contributed by atoms with Gasteiger partial charge in [-0.25, -0.2) is 0 Å². The number of benzene rings is 1. The molecule has 0 spiro atoms. The summed E-state index contributed by atoms with van der Waals surface area (Å²) >= 11 is 0. The molecule has 0 saturated heterocycles. The molecule has 2 rings (SSSR count). The Morgan fingerprint density at radius 1 is 1.38 bits per heavy atom. The second-order valence-corrected chi connectivity index (χ2v) is 5.57. The van der Waals surface area contributed by atoms with Gasteiger partial charge in [-0.1, -0.05) is 20.8 Å². The van der Waals surface area contributed by atoms with Gasteiger partial charge in [0.05, 0.1) is 0 Å². The first kappa shape index (κ1) is 11.3. The average molecular weight is 220 g/mol. The van der Waals surface area contributed by atoms with Gasteiger partial charge in [0.2, 0.25) is 0 Å². The molecule has 0 amide bonds. The summed E-state index contributed by atoms with van der Waals surface area (Å²) in [6.07, 6.45) is 0.846. The van der Waals surface area contributed by atoms with Crippen molar-refractivity contribution < 1.29 is 5.11 Å². The standard InChI is InChI=1S/C13H20N2O/c1-13(2,3)12-11-8(6-7-15-12)10(16)5-4-9(11)14/h4-5,12,15-16H,6-7,14H2,1-3H3. The number of fused-ring (bicyclic) bond motifs is 1. The molecule has 88 valence electrons. The van der Waals surface area contributed by atoms with Crippen molar-refractivity contribution in [2.24, 2.45) is 5.41 Å². The predicted molar refractivity (Wildman–Crippen MR) is 66.4 cm³/mol. The maximum atomic E-state index is 9.88. The zero-order chi connectivity index (χ0) is 11.9. The van der Waals surface area contributed by atoms with Gasteiger partial charge >= 0.3 is 0 Å². The van der Waals surface area contributed by atoms with Crippen molar-refractivity contribution in [3.8, 4) is 5.75 Å². The molecular formula is C13H20N2O. The van der Waals surface area contributed by atoms with Crippen LogP contribution in [0.25, 0.3) is 0 Å². The third-order valence-electron chi connectivity index (χ3n) is 3.24. The Hall–Kier alpha value is -1.22. The zero-order valence-electron chi connectivity index (χ0n) is 10.2. The van der Waals surface area contributed by atoms with Gasteiger partial charge in [0, 0.05) is 17.3 Å². The van der Waals surface area contributed by atoms with Crippen molar-refractivity contribution in [1.82, 2.24) is 5.32 Å². The Morgan fingerprint density at radius 2 is 2.06 bits per heavy atom. The summed E-state index contributed by atoms with van der Waals surface area (Å²) in [6, 6.07) is 3.70. The van der Waals surface area contributed by atoms with E-state index in [4.69, 9.17) is 5.73 Å². The van der Waals surface area contributed by atoms with Gasteiger partial charge in [-0.05, 0) is 36.1 Å². The van der Waals surface area contributed by atoms with Crippen molar-refractivity contribution in [2.75, 3.05) is 12.3 Å². The van der Waals surface area contributed by atoms with E-state index in [0.717, 1.165) is 29.8 Å². The molecule has 3 heteroatoms. The third-order valence-corrected chi connectivity index (χ3v) is 3.24. The summed E-state index contributed by atoms with van der Waals surface area (Å²) in [5, 5.41) is 13.4. The molecule has 0 radical (unpaired) electrons. The lowest BCUT2D eigenvalue weighted by Gasteiger charge is -2.37. The minimum atomic E-state index is 0.0943. The van der Waals surface area contributed by atoms with E-state index in [1.165, 1.54) is 0 Å². The van der Waals surface area contributed by atoms with Crippen LogP contribution < -0.4 is 11.1 Å². The van der Waals surface area contributed by atoms with Crippen LogP contribution in [0.15, 0.2) is 12.1 Å². The maximum absolute atomic E-state index is 9.88. The summed E-state index contributed by atoms with van der Waals surface area (Å²) in [5.74, 6) is 0.375. The summed E-state index contributed by atoms with van der Waals surface area (Å²) < 4.78 is 0. The third kappa shape index (κ3) is 1.76. The van der Waals surface area contributed by atoms with E-state index in [1.807, 2.05) is 0 Å². The Labute approximate surface area is 96.7 Å². The van der Waals surface area contributed by atoms with E-state index in [-0.39, 0.29) is 11.5 Å². The van der Waals surface area contributed by atoms with Gasteiger partial charge in [-0.15, -0.1) is 0 Å². The molecule has 0 aromatic heterocycles. The van der Waals surface area contributed by atoms with Crippen molar-refractivity contribution >= 4 is 5.69 Å². The van der Waals surface area contributed by atoms with Gasteiger partial charge < -0.3 is 16.2 Å². The van der Waals surface area contributed by atoms with E-state index >= 15 is 0 Å². The average Bonchev–Trinajstić information content (AvgIpc) is 2.22. The highest BCUT2D eigenvalue weighted by Crippen LogP contribution is 2.42. The van der Waals surface area contributed by atoms with E-state index in [1.54, 1.807) is 12.1 Å². The van der Waals surface area contributed by atoms with E-state index in [0.29, 0.717) is 5.75 Å². The fourth-order valence-corrected chi connectivity index (χ4v) is 2.46. The molecule has 0 bridgehead atoms. The number of anilines is 1. The minimum Gasteiger partial charge on any atom is -0.508 e. The van der Waals surface area contributed by atoms with Crippen LogP contribution in [0.4, 0.5) is 5.69 Å². The lowest BCUT2D eigenvalue weighted by Crippen LogP contribution is -2.38. The molecule has 16 heavy (non-hydrogen) atoms. The summed E-state index contributed by atoms with van der Waals surface area (Å²) in [6.45, 7) is 7.45. The number of aromatic hydroxyl groups is 1.